The van der Waals surface area contributed by atoms with Crippen LogP contribution in [-0.4, -0.2) is 30.4 Å². The smallest absolute Gasteiger partial charge is 0.251 e. The summed E-state index contributed by atoms with van der Waals surface area (Å²) in [6.45, 7) is 6.68. The van der Waals surface area contributed by atoms with E-state index in [0.29, 0.717) is 17.9 Å². The molecule has 0 aromatic carbocycles. The summed E-state index contributed by atoms with van der Waals surface area (Å²) < 4.78 is 1.69. The third-order valence-electron chi connectivity index (χ3n) is 2.62. The van der Waals surface area contributed by atoms with Gasteiger partial charge in [0.15, 0.2) is 0 Å². The number of pyridine rings is 1. The minimum absolute atomic E-state index is 0.0563. The fourth-order valence-electron chi connectivity index (χ4n) is 1.66. The van der Waals surface area contributed by atoms with Crippen LogP contribution in [0.3, 0.4) is 0 Å². The Morgan fingerprint density at radius 2 is 2.14 bits per heavy atom. The first-order valence-electron chi connectivity index (χ1n) is 6.61. The molecule has 0 aliphatic heterocycles. The molecule has 0 aliphatic carbocycles. The predicted octanol–water partition coefficient (Wildman–Crippen LogP) is 2.03. The molecule has 2 heterocycles. The number of aryl methyl sites for hydroxylation is 1. The zero-order valence-electron chi connectivity index (χ0n) is 12.6. The van der Waals surface area contributed by atoms with E-state index in [1.54, 1.807) is 35.8 Å². The molecular formula is C14H19N5OS. The molecule has 0 saturated carbocycles. The maximum atomic E-state index is 12.2. The number of aromatic nitrogens is 4. The fraction of sp³-hybridized carbons (Fsp3) is 0.429. The van der Waals surface area contributed by atoms with Crippen molar-refractivity contribution in [2.24, 2.45) is 7.05 Å². The molecule has 6 nitrogen and oxygen atoms in total. The molecule has 0 fully saturated rings. The normalized spacial score (nSPS) is 11.4. The van der Waals surface area contributed by atoms with Gasteiger partial charge in [-0.2, -0.15) is 5.10 Å². The van der Waals surface area contributed by atoms with E-state index < -0.39 is 0 Å². The molecule has 2 rings (SSSR count). The van der Waals surface area contributed by atoms with E-state index in [4.69, 9.17) is 0 Å². The second-order valence-corrected chi connectivity index (χ2v) is 7.43. The Hall–Kier alpha value is -1.89. The molecule has 7 heteroatoms. The SMILES string of the molecule is Cn1ncnc1CNC(=O)c1ccnc(SC(C)(C)C)c1. The molecule has 0 saturated heterocycles. The third kappa shape index (κ3) is 4.56. The molecule has 0 spiro atoms. The molecule has 0 unspecified atom stereocenters. The van der Waals surface area contributed by atoms with Crippen LogP contribution in [0.2, 0.25) is 0 Å². The van der Waals surface area contributed by atoms with Gasteiger partial charge in [-0.05, 0) is 12.1 Å². The van der Waals surface area contributed by atoms with E-state index in [2.05, 4.69) is 41.2 Å². The van der Waals surface area contributed by atoms with Crippen molar-refractivity contribution in [2.75, 3.05) is 0 Å². The van der Waals surface area contributed by atoms with Crippen LogP contribution in [0, 0.1) is 0 Å². The number of nitrogens with zero attached hydrogens (tertiary/aromatic N) is 4. The number of carbonyl (C=O) groups is 1. The molecular weight excluding hydrogens is 286 g/mol. The van der Waals surface area contributed by atoms with Crippen LogP contribution in [0.5, 0.6) is 0 Å². The van der Waals surface area contributed by atoms with Crippen molar-refractivity contribution >= 4 is 17.7 Å². The summed E-state index contributed by atoms with van der Waals surface area (Å²) in [6, 6.07) is 3.51. The maximum absolute atomic E-state index is 12.2. The van der Waals surface area contributed by atoms with Crippen LogP contribution < -0.4 is 5.32 Å². The molecule has 0 bridgehead atoms. The van der Waals surface area contributed by atoms with E-state index in [1.165, 1.54) is 6.33 Å². The van der Waals surface area contributed by atoms with E-state index in [1.807, 2.05) is 6.07 Å². The average Bonchev–Trinajstić information content (AvgIpc) is 2.80. The lowest BCUT2D eigenvalue weighted by Gasteiger charge is -2.16. The highest BCUT2D eigenvalue weighted by molar-refractivity contribution is 8.00. The van der Waals surface area contributed by atoms with Crippen molar-refractivity contribution in [1.29, 1.82) is 0 Å². The second kappa shape index (κ2) is 6.26. The largest absolute Gasteiger partial charge is 0.345 e. The summed E-state index contributed by atoms with van der Waals surface area (Å²) in [6.07, 6.45) is 3.12. The van der Waals surface area contributed by atoms with Crippen LogP contribution in [0.1, 0.15) is 37.0 Å². The van der Waals surface area contributed by atoms with E-state index in [0.717, 1.165) is 5.03 Å². The number of amides is 1. The van der Waals surface area contributed by atoms with Crippen molar-refractivity contribution < 1.29 is 4.79 Å². The van der Waals surface area contributed by atoms with E-state index in [9.17, 15) is 4.79 Å². The zero-order valence-corrected chi connectivity index (χ0v) is 13.4. The van der Waals surface area contributed by atoms with Gasteiger partial charge >= 0.3 is 0 Å². The minimum Gasteiger partial charge on any atom is -0.345 e. The first kappa shape index (κ1) is 15.5. The van der Waals surface area contributed by atoms with Crippen molar-refractivity contribution in [2.45, 2.75) is 37.1 Å². The van der Waals surface area contributed by atoms with Gasteiger partial charge in [0.05, 0.1) is 11.6 Å². The first-order chi connectivity index (χ1) is 9.85. The molecule has 21 heavy (non-hydrogen) atoms. The Morgan fingerprint density at radius 3 is 2.76 bits per heavy atom. The highest BCUT2D eigenvalue weighted by Crippen LogP contribution is 2.30. The summed E-state index contributed by atoms with van der Waals surface area (Å²) in [4.78, 5) is 20.5. The van der Waals surface area contributed by atoms with Crippen molar-refractivity contribution in [3.63, 3.8) is 0 Å². The molecule has 112 valence electrons. The van der Waals surface area contributed by atoms with Gasteiger partial charge in [0, 0.05) is 23.6 Å². The number of nitrogens with one attached hydrogen (secondary N) is 1. The monoisotopic (exact) mass is 305 g/mol. The van der Waals surface area contributed by atoms with E-state index >= 15 is 0 Å². The van der Waals surface area contributed by atoms with Gasteiger partial charge in [-0.3, -0.25) is 9.48 Å². The molecule has 1 N–H and O–H groups in total. The van der Waals surface area contributed by atoms with Crippen LogP contribution >= 0.6 is 11.8 Å². The number of hydrogen-bond acceptors (Lipinski definition) is 5. The third-order valence-corrected chi connectivity index (χ3v) is 3.66. The molecule has 0 atom stereocenters. The van der Waals surface area contributed by atoms with Crippen LogP contribution in [0.4, 0.5) is 0 Å². The zero-order chi connectivity index (χ0) is 15.5. The molecule has 0 radical (unpaired) electrons. The summed E-state index contributed by atoms with van der Waals surface area (Å²) in [7, 11) is 1.79. The van der Waals surface area contributed by atoms with Crippen molar-refractivity contribution in [1.82, 2.24) is 25.1 Å². The molecule has 1 amide bonds. The lowest BCUT2D eigenvalue weighted by Crippen LogP contribution is -2.24. The molecule has 2 aromatic heterocycles. The quantitative estimate of drug-likeness (QED) is 0.875. The van der Waals surface area contributed by atoms with Crippen LogP contribution in [-0.2, 0) is 13.6 Å². The summed E-state index contributed by atoms with van der Waals surface area (Å²) in [5.41, 5.74) is 0.596. The number of thioether (sulfide) groups is 1. The summed E-state index contributed by atoms with van der Waals surface area (Å²) >= 11 is 1.63. The fourth-order valence-corrected chi connectivity index (χ4v) is 2.59. The second-order valence-electron chi connectivity index (χ2n) is 5.58. The lowest BCUT2D eigenvalue weighted by molar-refractivity contribution is 0.0949. The van der Waals surface area contributed by atoms with Gasteiger partial charge in [0.1, 0.15) is 12.2 Å². The van der Waals surface area contributed by atoms with E-state index in [-0.39, 0.29) is 10.7 Å². The predicted molar refractivity (Wildman–Crippen MR) is 82.0 cm³/mol. The van der Waals surface area contributed by atoms with Crippen molar-refractivity contribution in [3.05, 3.63) is 36.0 Å². The molecule has 2 aromatic rings. The van der Waals surface area contributed by atoms with Gasteiger partial charge in [-0.1, -0.05) is 20.8 Å². The van der Waals surface area contributed by atoms with Gasteiger partial charge in [0.2, 0.25) is 0 Å². The van der Waals surface area contributed by atoms with Gasteiger partial charge in [-0.15, -0.1) is 11.8 Å². The Labute approximate surface area is 128 Å². The van der Waals surface area contributed by atoms with Gasteiger partial charge in [-0.25, -0.2) is 9.97 Å². The van der Waals surface area contributed by atoms with Gasteiger partial charge in [0.25, 0.3) is 5.91 Å². The Kier molecular flexibility index (Phi) is 4.62. The first-order valence-corrected chi connectivity index (χ1v) is 7.43. The standard InChI is InChI=1S/C14H19N5OS/c1-14(2,3)21-12-7-10(5-6-15-12)13(20)16-8-11-17-9-18-19(11)4/h5-7,9H,8H2,1-4H3,(H,16,20). The van der Waals surface area contributed by atoms with Crippen LogP contribution in [0.25, 0.3) is 0 Å². The Morgan fingerprint density at radius 1 is 1.38 bits per heavy atom. The Balaban J connectivity index is 2.02. The molecule has 0 aliphatic rings. The minimum atomic E-state index is -0.142. The van der Waals surface area contributed by atoms with Crippen molar-refractivity contribution in [3.8, 4) is 0 Å². The summed E-state index contributed by atoms with van der Waals surface area (Å²) in [5.74, 6) is 0.567. The highest BCUT2D eigenvalue weighted by atomic mass is 32.2. The number of rotatable bonds is 4. The topological polar surface area (TPSA) is 72.7 Å². The summed E-state index contributed by atoms with van der Waals surface area (Å²) in [5, 5.41) is 7.64. The number of carbonyl (C=O) groups excluding carboxylic acids is 1. The highest BCUT2D eigenvalue weighted by Gasteiger charge is 2.15. The number of hydrogen-bond donors (Lipinski definition) is 1. The lowest BCUT2D eigenvalue weighted by atomic mass is 10.2. The average molecular weight is 305 g/mol. The van der Waals surface area contributed by atoms with Gasteiger partial charge < -0.3 is 5.32 Å². The van der Waals surface area contributed by atoms with Crippen LogP contribution in [0.15, 0.2) is 29.7 Å². The Bertz CT molecular complexity index is 632. The maximum Gasteiger partial charge on any atom is 0.251 e.